The van der Waals surface area contributed by atoms with E-state index in [1.54, 1.807) is 17.7 Å². The van der Waals surface area contributed by atoms with Crippen molar-refractivity contribution in [2.24, 2.45) is 0 Å². The minimum absolute atomic E-state index is 0.0510. The van der Waals surface area contributed by atoms with Crippen LogP contribution in [0.4, 0.5) is 4.79 Å². The Balaban J connectivity index is 1.51. The van der Waals surface area contributed by atoms with Gasteiger partial charge in [0.2, 0.25) is 5.88 Å². The Labute approximate surface area is 168 Å². The van der Waals surface area contributed by atoms with Crippen molar-refractivity contribution in [2.75, 3.05) is 13.2 Å². The van der Waals surface area contributed by atoms with Crippen LogP contribution < -0.4 is 4.74 Å². The van der Waals surface area contributed by atoms with Gasteiger partial charge in [0.15, 0.2) is 0 Å². The van der Waals surface area contributed by atoms with E-state index in [1.165, 1.54) is 15.3 Å². The molecule has 2 aromatic rings. The fraction of sp³-hybridized carbons (Fsp3) is 0.650. The minimum Gasteiger partial charge on any atom is -0.474 e. The highest BCUT2D eigenvalue weighted by atomic mass is 32.1. The number of carboxylic acid groups (broad SMARTS) is 1. The third kappa shape index (κ3) is 3.55. The molecule has 28 heavy (non-hydrogen) atoms. The summed E-state index contributed by atoms with van der Waals surface area (Å²) in [6, 6.07) is 0.0760. The van der Waals surface area contributed by atoms with Crippen LogP contribution in [-0.4, -0.2) is 56.5 Å². The lowest BCUT2D eigenvalue weighted by Crippen LogP contribution is -2.42. The van der Waals surface area contributed by atoms with E-state index >= 15 is 0 Å². The van der Waals surface area contributed by atoms with E-state index in [0.29, 0.717) is 18.3 Å². The number of thiophene rings is 1. The first-order chi connectivity index (χ1) is 13.6. The Hall–Kier alpha value is -1.93. The van der Waals surface area contributed by atoms with E-state index < -0.39 is 6.09 Å². The largest absolute Gasteiger partial charge is 0.474 e. The fourth-order valence-corrected chi connectivity index (χ4v) is 5.99. The molecule has 1 fully saturated rings. The summed E-state index contributed by atoms with van der Waals surface area (Å²) in [5, 5.41) is 19.8. The highest BCUT2D eigenvalue weighted by molar-refractivity contribution is 7.19. The summed E-state index contributed by atoms with van der Waals surface area (Å²) in [5.41, 5.74) is 1.28. The lowest BCUT2D eigenvalue weighted by Gasteiger charge is -2.34. The maximum absolute atomic E-state index is 11.4. The van der Waals surface area contributed by atoms with Gasteiger partial charge in [-0.25, -0.2) is 14.8 Å². The highest BCUT2D eigenvalue weighted by Crippen LogP contribution is 2.47. The molecule has 0 bridgehead atoms. The second-order valence-electron chi connectivity index (χ2n) is 7.66. The van der Waals surface area contributed by atoms with E-state index in [2.05, 4.69) is 9.97 Å². The average molecular weight is 406 g/mol. The fourth-order valence-electron chi connectivity index (χ4n) is 4.76. The first kappa shape index (κ1) is 19.4. The molecule has 8 heteroatoms. The van der Waals surface area contributed by atoms with Crippen LogP contribution in [0.5, 0.6) is 5.88 Å². The molecule has 0 aromatic carbocycles. The van der Waals surface area contributed by atoms with Gasteiger partial charge in [0.05, 0.1) is 5.39 Å². The predicted octanol–water partition coefficient (Wildman–Crippen LogP) is 3.79. The number of hydrogen-bond donors (Lipinski definition) is 2. The van der Waals surface area contributed by atoms with Gasteiger partial charge in [-0.1, -0.05) is 0 Å². The van der Waals surface area contributed by atoms with Crippen LogP contribution in [0.15, 0.2) is 6.33 Å². The van der Waals surface area contributed by atoms with E-state index in [1.807, 2.05) is 6.92 Å². The van der Waals surface area contributed by atoms with Gasteiger partial charge in [-0.2, -0.15) is 0 Å². The predicted molar refractivity (Wildman–Crippen MR) is 107 cm³/mol. The van der Waals surface area contributed by atoms with Crippen molar-refractivity contribution in [1.29, 1.82) is 0 Å². The molecule has 2 heterocycles. The smallest absolute Gasteiger partial charge is 0.407 e. The number of nitrogens with zero attached hydrogens (tertiary/aromatic N) is 3. The van der Waals surface area contributed by atoms with E-state index in [9.17, 15) is 15.0 Å². The second kappa shape index (κ2) is 8.21. The lowest BCUT2D eigenvalue weighted by atomic mass is 9.92. The van der Waals surface area contributed by atoms with Crippen LogP contribution in [0.25, 0.3) is 10.2 Å². The number of fused-ring (bicyclic) bond motifs is 3. The third-order valence-electron chi connectivity index (χ3n) is 6.12. The van der Waals surface area contributed by atoms with Gasteiger partial charge in [-0.15, -0.1) is 11.3 Å². The van der Waals surface area contributed by atoms with E-state index in [0.717, 1.165) is 55.2 Å². The highest BCUT2D eigenvalue weighted by Gasteiger charge is 2.32. The molecule has 0 unspecified atom stereocenters. The number of aliphatic hydroxyl groups excluding tert-OH is 1. The number of carbonyl (C=O) groups is 1. The Bertz CT molecular complexity index is 847. The monoisotopic (exact) mass is 405 g/mol. The van der Waals surface area contributed by atoms with Crippen molar-refractivity contribution in [1.82, 2.24) is 14.9 Å². The maximum Gasteiger partial charge on any atom is 0.407 e. The summed E-state index contributed by atoms with van der Waals surface area (Å²) in [6.45, 7) is 2.59. The van der Waals surface area contributed by atoms with Crippen LogP contribution >= 0.6 is 11.3 Å². The van der Waals surface area contributed by atoms with Crippen LogP contribution in [0, 0.1) is 0 Å². The van der Waals surface area contributed by atoms with Crippen LogP contribution in [-0.2, 0) is 6.42 Å². The molecule has 0 aliphatic heterocycles. The number of aromatic nitrogens is 2. The van der Waals surface area contributed by atoms with Crippen molar-refractivity contribution >= 4 is 27.6 Å². The first-order valence-electron chi connectivity index (χ1n) is 10.2. The van der Waals surface area contributed by atoms with Gasteiger partial charge in [-0.3, -0.25) is 0 Å². The molecule has 0 saturated heterocycles. The van der Waals surface area contributed by atoms with Crippen molar-refractivity contribution in [2.45, 2.75) is 69.9 Å². The van der Waals surface area contributed by atoms with Gasteiger partial charge in [0.25, 0.3) is 0 Å². The van der Waals surface area contributed by atoms with Crippen molar-refractivity contribution in [3.63, 3.8) is 0 Å². The van der Waals surface area contributed by atoms with Crippen molar-refractivity contribution in [3.05, 3.63) is 16.8 Å². The molecule has 2 N–H and O–H groups in total. The zero-order valence-electron chi connectivity index (χ0n) is 16.1. The van der Waals surface area contributed by atoms with E-state index in [4.69, 9.17) is 4.74 Å². The second-order valence-corrected chi connectivity index (χ2v) is 8.75. The topological polar surface area (TPSA) is 95.8 Å². The molecule has 2 aliphatic carbocycles. The number of ether oxygens (including phenoxy) is 1. The summed E-state index contributed by atoms with van der Waals surface area (Å²) in [6.07, 6.45) is 6.93. The van der Waals surface area contributed by atoms with Crippen molar-refractivity contribution in [3.8, 4) is 5.88 Å². The van der Waals surface area contributed by atoms with Crippen LogP contribution in [0.3, 0.4) is 0 Å². The molecule has 1 atom stereocenters. The molecular weight excluding hydrogens is 378 g/mol. The molecule has 152 valence electrons. The molecule has 0 radical (unpaired) electrons. The summed E-state index contributed by atoms with van der Waals surface area (Å²) in [4.78, 5) is 24.1. The number of amides is 1. The van der Waals surface area contributed by atoms with Gasteiger partial charge in [0.1, 0.15) is 17.3 Å². The van der Waals surface area contributed by atoms with Gasteiger partial charge in [-0.05, 0) is 63.4 Å². The molecule has 2 aliphatic rings. The average Bonchev–Trinajstić information content (AvgIpc) is 3.24. The van der Waals surface area contributed by atoms with E-state index in [-0.39, 0.29) is 18.8 Å². The lowest BCUT2D eigenvalue weighted by molar-refractivity contribution is 0.0803. The summed E-state index contributed by atoms with van der Waals surface area (Å²) in [5.74, 6) is 1.01. The maximum atomic E-state index is 11.4. The number of aliphatic hydroxyl groups is 1. The molecule has 1 amide bonds. The van der Waals surface area contributed by atoms with Crippen LogP contribution in [0.1, 0.15) is 61.8 Å². The molecule has 0 spiro atoms. The Morgan fingerprint density at radius 2 is 2.07 bits per heavy atom. The zero-order valence-corrected chi connectivity index (χ0v) is 17.0. The molecule has 1 saturated carbocycles. The zero-order chi connectivity index (χ0) is 19.7. The Kier molecular flexibility index (Phi) is 5.68. The quantitative estimate of drug-likeness (QED) is 0.759. The molecule has 7 nitrogen and oxygen atoms in total. The normalized spacial score (nSPS) is 24.3. The third-order valence-corrected chi connectivity index (χ3v) is 7.30. The Morgan fingerprint density at radius 1 is 1.29 bits per heavy atom. The molecule has 2 aromatic heterocycles. The number of aryl methyl sites for hydroxylation is 1. The van der Waals surface area contributed by atoms with Gasteiger partial charge in [0, 0.05) is 24.1 Å². The minimum atomic E-state index is -0.840. The van der Waals surface area contributed by atoms with Crippen molar-refractivity contribution < 1.29 is 19.7 Å². The summed E-state index contributed by atoms with van der Waals surface area (Å²) in [7, 11) is 0. The summed E-state index contributed by atoms with van der Waals surface area (Å²) >= 11 is 1.72. The van der Waals surface area contributed by atoms with Gasteiger partial charge < -0.3 is 19.8 Å². The SMILES string of the molecule is CCN(C(=O)O)C1CCC(Oc2ncnc3sc4c(c23)[C@@H](CCO)CC4)CC1. The standard InChI is InChI=1S/C20H27N3O4S/c1-2-23(20(25)26)13-4-6-14(7-5-13)27-18-17-16-12(9-10-24)3-8-15(16)28-19(17)22-11-21-18/h11-14,24H,2-10H2,1H3,(H,25,26)/t12-,13?,14?/m1/s1. The van der Waals surface area contributed by atoms with Gasteiger partial charge >= 0.3 is 6.09 Å². The summed E-state index contributed by atoms with van der Waals surface area (Å²) < 4.78 is 6.33. The number of rotatable bonds is 6. The number of hydrogen-bond acceptors (Lipinski definition) is 6. The van der Waals surface area contributed by atoms with Crippen LogP contribution in [0.2, 0.25) is 0 Å². The Morgan fingerprint density at radius 3 is 2.75 bits per heavy atom. The molecular formula is C20H27N3O4S. The molecule has 4 rings (SSSR count). The first-order valence-corrected chi connectivity index (χ1v) is 11.0.